The van der Waals surface area contributed by atoms with Crippen molar-refractivity contribution >= 4 is 45.9 Å². The van der Waals surface area contributed by atoms with Crippen molar-refractivity contribution in [2.45, 2.75) is 57.4 Å². The summed E-state index contributed by atoms with van der Waals surface area (Å²) in [6.45, 7) is 1.14. The Bertz CT molecular complexity index is 1550. The highest BCUT2D eigenvalue weighted by Gasteiger charge is 2.54. The normalized spacial score (nSPS) is 28.7. The minimum atomic E-state index is -4.47. The molecule has 4 rings (SSSR count). The zero-order chi connectivity index (χ0) is 29.3. The van der Waals surface area contributed by atoms with Gasteiger partial charge in [-0.3, -0.25) is 4.79 Å². The van der Waals surface area contributed by atoms with E-state index in [1.807, 2.05) is 6.07 Å². The number of sulfonamides is 4. The standard InChI is InChI=1S/C24H36N2O9S4/c1-24-13-12-19-18-8-7-17(14-16(18)6-9-20(19)21(24)10-11-23(24)27)22(26(38(4,32)33)39(5,34)35)15-25(36(2,28)29)37(3,30)31/h7-8,14,19-22H,6,9-13,15H2,1-5H3/t19-,20-,21+,22-,24+/m1/s1. The van der Waals surface area contributed by atoms with Crippen molar-refractivity contribution in [1.82, 2.24) is 7.42 Å². The number of hydrogen-bond acceptors (Lipinski definition) is 9. The van der Waals surface area contributed by atoms with Crippen LogP contribution in [0.3, 0.4) is 0 Å². The first-order valence-corrected chi connectivity index (χ1v) is 20.1. The molecule has 0 heterocycles. The van der Waals surface area contributed by atoms with Gasteiger partial charge in [0.1, 0.15) is 5.78 Å². The van der Waals surface area contributed by atoms with Crippen LogP contribution in [-0.2, 0) is 51.3 Å². The molecule has 220 valence electrons. The molecule has 39 heavy (non-hydrogen) atoms. The lowest BCUT2D eigenvalue weighted by Crippen LogP contribution is -2.46. The van der Waals surface area contributed by atoms with Crippen LogP contribution in [0.5, 0.6) is 0 Å². The van der Waals surface area contributed by atoms with Crippen LogP contribution >= 0.6 is 0 Å². The second-order valence-corrected chi connectivity index (χ2v) is 19.5. The van der Waals surface area contributed by atoms with Crippen LogP contribution in [0.2, 0.25) is 0 Å². The number of Topliss-reactive ketones (excluding diaryl/α,β-unsaturated/α-hetero) is 1. The van der Waals surface area contributed by atoms with Gasteiger partial charge in [-0.2, -0.15) is 0 Å². The van der Waals surface area contributed by atoms with Crippen LogP contribution in [0.15, 0.2) is 18.2 Å². The number of benzene rings is 1. The van der Waals surface area contributed by atoms with Gasteiger partial charge in [-0.05, 0) is 66.5 Å². The summed E-state index contributed by atoms with van der Waals surface area (Å²) in [5.74, 6) is 1.17. The first kappa shape index (κ1) is 30.6. The number of carbonyl (C=O) groups excluding carboxylic acids is 1. The number of nitrogens with zero attached hydrogens (tertiary/aromatic N) is 2. The summed E-state index contributed by atoms with van der Waals surface area (Å²) in [5, 5.41) is 0. The Morgan fingerprint density at radius 1 is 0.846 bits per heavy atom. The highest BCUT2D eigenvalue weighted by atomic mass is 32.3. The zero-order valence-electron chi connectivity index (χ0n) is 22.7. The number of rotatable bonds is 8. The molecular weight excluding hydrogens is 589 g/mol. The average molecular weight is 625 g/mol. The topological polar surface area (TPSA) is 160 Å². The lowest BCUT2D eigenvalue weighted by atomic mass is 9.55. The Balaban J connectivity index is 1.81. The van der Waals surface area contributed by atoms with Crippen molar-refractivity contribution in [2.24, 2.45) is 17.3 Å². The number of carbonyl (C=O) groups is 1. The van der Waals surface area contributed by atoms with Crippen molar-refractivity contribution < 1.29 is 38.5 Å². The predicted molar refractivity (Wildman–Crippen MR) is 147 cm³/mol. The Kier molecular flexibility index (Phi) is 7.73. The van der Waals surface area contributed by atoms with Gasteiger partial charge in [-0.1, -0.05) is 32.5 Å². The largest absolute Gasteiger partial charge is 0.299 e. The van der Waals surface area contributed by atoms with E-state index in [1.165, 1.54) is 0 Å². The molecule has 0 radical (unpaired) electrons. The maximum atomic E-state index is 12.7. The van der Waals surface area contributed by atoms with E-state index < -0.39 is 52.7 Å². The molecule has 5 atom stereocenters. The maximum Gasteiger partial charge on any atom is 0.224 e. The molecule has 0 saturated heterocycles. The van der Waals surface area contributed by atoms with Crippen LogP contribution in [0.1, 0.15) is 67.7 Å². The zero-order valence-corrected chi connectivity index (χ0v) is 26.0. The van der Waals surface area contributed by atoms with Crippen LogP contribution in [0.25, 0.3) is 0 Å². The van der Waals surface area contributed by atoms with E-state index in [9.17, 15) is 38.5 Å². The Morgan fingerprint density at radius 3 is 1.97 bits per heavy atom. The quantitative estimate of drug-likeness (QED) is 0.418. The van der Waals surface area contributed by atoms with E-state index in [0.717, 1.165) is 36.8 Å². The fourth-order valence-electron chi connectivity index (χ4n) is 7.24. The third kappa shape index (κ3) is 5.71. The first-order valence-electron chi connectivity index (χ1n) is 12.7. The second kappa shape index (κ2) is 9.86. The molecule has 0 bridgehead atoms. The van der Waals surface area contributed by atoms with Crippen molar-refractivity contribution in [1.29, 1.82) is 0 Å². The summed E-state index contributed by atoms with van der Waals surface area (Å²) in [4.78, 5) is 12.6. The van der Waals surface area contributed by atoms with Crippen LogP contribution in [0.4, 0.5) is 0 Å². The van der Waals surface area contributed by atoms with Crippen LogP contribution in [-0.4, -0.2) is 78.4 Å². The lowest BCUT2D eigenvalue weighted by Gasteiger charge is -2.48. The molecule has 2 saturated carbocycles. The van der Waals surface area contributed by atoms with Gasteiger partial charge < -0.3 is 0 Å². The van der Waals surface area contributed by atoms with Gasteiger partial charge in [-0.15, -0.1) is 0 Å². The fraction of sp³-hybridized carbons (Fsp3) is 0.708. The van der Waals surface area contributed by atoms with E-state index >= 15 is 0 Å². The molecule has 3 aliphatic rings. The first-order chi connectivity index (χ1) is 17.7. The van der Waals surface area contributed by atoms with Gasteiger partial charge in [0.2, 0.25) is 40.1 Å². The molecule has 11 nitrogen and oxygen atoms in total. The molecule has 0 N–H and O–H groups in total. The number of fused-ring (bicyclic) bond motifs is 5. The maximum absolute atomic E-state index is 12.7. The third-order valence-electron chi connectivity index (χ3n) is 8.81. The summed E-state index contributed by atoms with van der Waals surface area (Å²) < 4.78 is 101. The molecular formula is C24H36N2O9S4. The fourth-order valence-corrected chi connectivity index (χ4v) is 13.3. The molecule has 0 amide bonds. The summed E-state index contributed by atoms with van der Waals surface area (Å²) in [6.07, 6.45) is 7.20. The van der Waals surface area contributed by atoms with Crippen molar-refractivity contribution in [3.63, 3.8) is 0 Å². The van der Waals surface area contributed by atoms with Gasteiger partial charge in [0.25, 0.3) is 0 Å². The van der Waals surface area contributed by atoms with E-state index in [1.54, 1.807) is 12.1 Å². The Hall–Kier alpha value is -1.39. The van der Waals surface area contributed by atoms with Crippen LogP contribution < -0.4 is 0 Å². The van der Waals surface area contributed by atoms with E-state index in [-0.39, 0.29) is 24.3 Å². The van der Waals surface area contributed by atoms with Gasteiger partial charge in [0.15, 0.2) is 0 Å². The van der Waals surface area contributed by atoms with E-state index in [4.69, 9.17) is 0 Å². The monoisotopic (exact) mass is 624 g/mol. The molecule has 0 unspecified atom stereocenters. The van der Waals surface area contributed by atoms with Crippen molar-refractivity contribution in [2.75, 3.05) is 31.6 Å². The molecule has 2 fully saturated rings. The Morgan fingerprint density at radius 2 is 1.44 bits per heavy atom. The van der Waals surface area contributed by atoms with Crippen LogP contribution in [0, 0.1) is 17.3 Å². The van der Waals surface area contributed by atoms with Crippen molar-refractivity contribution in [3.05, 3.63) is 34.9 Å². The minimum absolute atomic E-state index is 0.128. The third-order valence-corrected chi connectivity index (χ3v) is 15.7. The van der Waals surface area contributed by atoms with Crippen molar-refractivity contribution in [3.8, 4) is 0 Å². The molecule has 15 heteroatoms. The molecule has 0 aromatic heterocycles. The molecule has 1 aromatic carbocycles. The average Bonchev–Trinajstić information content (AvgIpc) is 3.07. The van der Waals surface area contributed by atoms with E-state index in [2.05, 4.69) is 6.92 Å². The second-order valence-electron chi connectivity index (χ2n) is 11.5. The molecule has 1 aromatic rings. The number of hydrogen-bond donors (Lipinski definition) is 0. The number of ketones is 1. The Labute approximate surface area is 232 Å². The molecule has 3 aliphatic carbocycles. The summed E-state index contributed by atoms with van der Waals surface area (Å²) in [6, 6.07) is 3.41. The van der Waals surface area contributed by atoms with Gasteiger partial charge in [0.05, 0.1) is 37.6 Å². The van der Waals surface area contributed by atoms with E-state index in [0.29, 0.717) is 55.5 Å². The van der Waals surface area contributed by atoms with Gasteiger partial charge in [0, 0.05) is 11.8 Å². The summed E-state index contributed by atoms with van der Waals surface area (Å²) >= 11 is 0. The van der Waals surface area contributed by atoms with Gasteiger partial charge in [-0.25, -0.2) is 33.7 Å². The molecule has 0 spiro atoms. The summed E-state index contributed by atoms with van der Waals surface area (Å²) in [7, 11) is -17.7. The predicted octanol–water partition coefficient (Wildman–Crippen LogP) is 1.60. The SMILES string of the molecule is C[C@]12CC[C@@H]3c4ccc([C@@H](CN(S(C)(=O)=O)S(C)(=O)=O)N(S(C)(=O)=O)S(C)(=O)=O)cc4CC[C@H]3[C@@H]1CCC2=O. The van der Waals surface area contributed by atoms with Gasteiger partial charge >= 0.3 is 0 Å². The highest BCUT2D eigenvalue weighted by Crippen LogP contribution is 2.59. The minimum Gasteiger partial charge on any atom is -0.299 e. The summed E-state index contributed by atoms with van der Waals surface area (Å²) in [5.41, 5.74) is 1.83. The lowest BCUT2D eigenvalue weighted by molar-refractivity contribution is -0.129. The number of aryl methyl sites for hydroxylation is 1. The smallest absolute Gasteiger partial charge is 0.224 e. The molecule has 0 aliphatic heterocycles. The highest BCUT2D eigenvalue weighted by molar-refractivity contribution is 8.04.